The molecule has 0 radical (unpaired) electrons. The Kier molecular flexibility index (Phi) is 2.06. The molecule has 4 N–H and O–H groups in total. The number of H-pyrrole nitrogens is 1. The molecule has 1 unspecified atom stereocenters. The number of hydrogen-bond donors (Lipinski definition) is 3. The molecule has 1 fully saturated rings. The normalized spacial score (nSPS) is 24.0. The summed E-state index contributed by atoms with van der Waals surface area (Å²) in [7, 11) is -3.52. The molecule has 0 spiro atoms. The predicted molar refractivity (Wildman–Crippen MR) is 55.5 cm³/mol. The van der Waals surface area contributed by atoms with Crippen molar-refractivity contribution in [3.05, 3.63) is 6.20 Å². The highest BCUT2D eigenvalue weighted by molar-refractivity contribution is 7.89. The lowest BCUT2D eigenvalue weighted by atomic mass is 10.2. The summed E-state index contributed by atoms with van der Waals surface area (Å²) in [5.74, 6) is 0.0703. The fourth-order valence-electron chi connectivity index (χ4n) is 1.42. The van der Waals surface area contributed by atoms with E-state index in [0.717, 1.165) is 6.42 Å². The second-order valence-electron chi connectivity index (χ2n) is 4.51. The molecule has 7 heteroatoms. The number of aromatic amines is 1. The number of nitrogens with two attached hydrogens (primary N) is 1. The summed E-state index contributed by atoms with van der Waals surface area (Å²) in [6.07, 6.45) is 2.07. The number of nitrogens with one attached hydrogen (secondary N) is 2. The third-order valence-electron chi connectivity index (χ3n) is 2.73. The topological polar surface area (TPSA) is 101 Å². The van der Waals surface area contributed by atoms with Gasteiger partial charge < -0.3 is 5.73 Å². The van der Waals surface area contributed by atoms with Crippen LogP contribution in [0.15, 0.2) is 11.1 Å². The maximum Gasteiger partial charge on any atom is 0.246 e. The largest absolute Gasteiger partial charge is 0.383 e. The predicted octanol–water partition coefficient (Wildman–Crippen LogP) is 0.0687. The minimum Gasteiger partial charge on any atom is -0.383 e. The quantitative estimate of drug-likeness (QED) is 0.684. The number of nitrogen functional groups attached to an aromatic ring is 1. The van der Waals surface area contributed by atoms with Crippen LogP contribution in [0.25, 0.3) is 0 Å². The number of anilines is 1. The lowest BCUT2D eigenvalue weighted by Gasteiger charge is -2.06. The lowest BCUT2D eigenvalue weighted by Crippen LogP contribution is -2.28. The van der Waals surface area contributed by atoms with Crippen LogP contribution in [-0.4, -0.2) is 24.7 Å². The van der Waals surface area contributed by atoms with Crippen LogP contribution in [0.3, 0.4) is 0 Å². The second kappa shape index (κ2) is 2.96. The molecule has 1 aromatic rings. The first kappa shape index (κ1) is 10.4. The van der Waals surface area contributed by atoms with E-state index < -0.39 is 10.0 Å². The number of aromatic nitrogens is 2. The summed E-state index contributed by atoms with van der Waals surface area (Å²) < 4.78 is 26.2. The van der Waals surface area contributed by atoms with Gasteiger partial charge in [-0.25, -0.2) is 13.1 Å². The maximum absolute atomic E-state index is 11.8. The van der Waals surface area contributed by atoms with Gasteiger partial charge in [-0.3, -0.25) is 5.10 Å². The van der Waals surface area contributed by atoms with Gasteiger partial charge in [0.1, 0.15) is 10.7 Å². The molecule has 1 aromatic heterocycles. The highest BCUT2D eigenvalue weighted by Gasteiger charge is 2.48. The van der Waals surface area contributed by atoms with E-state index in [0.29, 0.717) is 0 Å². The fourth-order valence-corrected chi connectivity index (χ4v) is 2.85. The Labute approximate surface area is 88.3 Å². The third-order valence-corrected chi connectivity index (χ3v) is 4.23. The van der Waals surface area contributed by atoms with Gasteiger partial charge in [-0.05, 0) is 11.8 Å². The van der Waals surface area contributed by atoms with E-state index in [9.17, 15) is 8.42 Å². The van der Waals surface area contributed by atoms with Gasteiger partial charge in [0, 0.05) is 6.04 Å². The van der Waals surface area contributed by atoms with Gasteiger partial charge in [0.15, 0.2) is 0 Å². The molecular formula is C8H14N4O2S. The van der Waals surface area contributed by atoms with Crippen LogP contribution >= 0.6 is 0 Å². The summed E-state index contributed by atoms with van der Waals surface area (Å²) in [4.78, 5) is 0.0187. The first-order chi connectivity index (χ1) is 6.83. The minimum absolute atomic E-state index is 0.00296. The van der Waals surface area contributed by atoms with E-state index in [-0.39, 0.29) is 22.2 Å². The lowest BCUT2D eigenvalue weighted by molar-refractivity contribution is 0.555. The van der Waals surface area contributed by atoms with Gasteiger partial charge in [-0.15, -0.1) is 0 Å². The zero-order valence-electron chi connectivity index (χ0n) is 8.61. The number of hydrogen-bond acceptors (Lipinski definition) is 4. The van der Waals surface area contributed by atoms with Gasteiger partial charge >= 0.3 is 0 Å². The molecule has 1 heterocycles. The van der Waals surface area contributed by atoms with E-state index in [1.165, 1.54) is 6.20 Å². The van der Waals surface area contributed by atoms with Crippen molar-refractivity contribution >= 4 is 15.8 Å². The molecule has 0 saturated heterocycles. The molecule has 0 aliphatic heterocycles. The Morgan fingerprint density at radius 3 is 2.67 bits per heavy atom. The fraction of sp³-hybridized carbons (Fsp3) is 0.625. The zero-order chi connectivity index (χ0) is 11.3. The van der Waals surface area contributed by atoms with Crippen molar-refractivity contribution in [2.75, 3.05) is 5.73 Å². The van der Waals surface area contributed by atoms with E-state index in [2.05, 4.69) is 14.9 Å². The molecule has 84 valence electrons. The number of nitrogens with zero attached hydrogens (tertiary/aromatic N) is 1. The van der Waals surface area contributed by atoms with E-state index in [4.69, 9.17) is 5.73 Å². The standard InChI is InChI=1S/C8H14N4O2S/c1-8(2)3-6(8)12-15(13,14)5-4-10-11-7(5)9/h4,6,12H,3H2,1-2H3,(H3,9,10,11). The van der Waals surface area contributed by atoms with Gasteiger partial charge in [0.25, 0.3) is 0 Å². The highest BCUT2D eigenvalue weighted by Crippen LogP contribution is 2.45. The summed E-state index contributed by atoms with van der Waals surface area (Å²) in [5, 5.41) is 5.98. The van der Waals surface area contributed by atoms with Crippen molar-refractivity contribution in [3.8, 4) is 0 Å². The van der Waals surface area contributed by atoms with Crippen molar-refractivity contribution in [1.82, 2.24) is 14.9 Å². The smallest absolute Gasteiger partial charge is 0.246 e. The molecule has 15 heavy (non-hydrogen) atoms. The van der Waals surface area contributed by atoms with Crippen LogP contribution in [0.1, 0.15) is 20.3 Å². The van der Waals surface area contributed by atoms with E-state index >= 15 is 0 Å². The van der Waals surface area contributed by atoms with Crippen LogP contribution in [0.4, 0.5) is 5.82 Å². The SMILES string of the molecule is CC1(C)CC1NS(=O)(=O)c1cn[nH]c1N. The number of sulfonamides is 1. The third kappa shape index (κ3) is 1.84. The van der Waals surface area contributed by atoms with Gasteiger partial charge in [0.05, 0.1) is 6.20 Å². The second-order valence-corrected chi connectivity index (χ2v) is 6.20. The molecule has 1 aliphatic carbocycles. The Bertz CT molecular complexity index is 477. The Morgan fingerprint density at radius 2 is 2.27 bits per heavy atom. The summed E-state index contributed by atoms with van der Waals surface area (Å²) in [6.45, 7) is 4.03. The van der Waals surface area contributed by atoms with Crippen LogP contribution in [0.2, 0.25) is 0 Å². The monoisotopic (exact) mass is 230 g/mol. The molecule has 1 aliphatic rings. The van der Waals surface area contributed by atoms with Gasteiger partial charge in [0.2, 0.25) is 10.0 Å². The summed E-state index contributed by atoms with van der Waals surface area (Å²) in [6, 6.07) is -0.00296. The van der Waals surface area contributed by atoms with E-state index in [1.807, 2.05) is 13.8 Å². The van der Waals surface area contributed by atoms with Crippen LogP contribution < -0.4 is 10.5 Å². The molecule has 1 atom stereocenters. The molecule has 0 aromatic carbocycles. The Hall–Kier alpha value is -1.08. The summed E-state index contributed by atoms with van der Waals surface area (Å²) >= 11 is 0. The zero-order valence-corrected chi connectivity index (χ0v) is 9.43. The van der Waals surface area contributed by atoms with Crippen molar-refractivity contribution in [2.45, 2.75) is 31.2 Å². The Morgan fingerprint density at radius 1 is 1.67 bits per heavy atom. The number of rotatable bonds is 3. The van der Waals surface area contributed by atoms with Gasteiger partial charge in [-0.2, -0.15) is 5.10 Å². The minimum atomic E-state index is -3.52. The van der Waals surface area contributed by atoms with E-state index in [1.54, 1.807) is 0 Å². The average molecular weight is 230 g/mol. The van der Waals surface area contributed by atoms with Crippen molar-refractivity contribution in [3.63, 3.8) is 0 Å². The molecular weight excluding hydrogens is 216 g/mol. The van der Waals surface area contributed by atoms with Crippen molar-refractivity contribution in [2.24, 2.45) is 5.41 Å². The van der Waals surface area contributed by atoms with Crippen LogP contribution in [0, 0.1) is 5.41 Å². The highest BCUT2D eigenvalue weighted by atomic mass is 32.2. The van der Waals surface area contributed by atoms with Crippen LogP contribution in [0.5, 0.6) is 0 Å². The van der Waals surface area contributed by atoms with Crippen LogP contribution in [-0.2, 0) is 10.0 Å². The van der Waals surface area contributed by atoms with Crippen molar-refractivity contribution < 1.29 is 8.42 Å². The first-order valence-electron chi connectivity index (χ1n) is 4.64. The maximum atomic E-state index is 11.8. The molecule has 2 rings (SSSR count). The first-order valence-corrected chi connectivity index (χ1v) is 6.12. The molecule has 6 nitrogen and oxygen atoms in total. The Balaban J connectivity index is 2.19. The average Bonchev–Trinajstić information content (AvgIpc) is 2.53. The van der Waals surface area contributed by atoms with Crippen molar-refractivity contribution in [1.29, 1.82) is 0 Å². The molecule has 1 saturated carbocycles. The summed E-state index contributed by atoms with van der Waals surface area (Å²) in [5.41, 5.74) is 5.50. The molecule has 0 amide bonds. The molecule has 0 bridgehead atoms. The van der Waals surface area contributed by atoms with Gasteiger partial charge in [-0.1, -0.05) is 13.8 Å².